The van der Waals surface area contributed by atoms with E-state index in [4.69, 9.17) is 27.9 Å². The van der Waals surface area contributed by atoms with Crippen LogP contribution in [0.25, 0.3) is 0 Å². The highest BCUT2D eigenvalue weighted by atomic mass is 35.5. The Morgan fingerprint density at radius 3 is 2.45 bits per heavy atom. The van der Waals surface area contributed by atoms with Gasteiger partial charge in [0.2, 0.25) is 5.91 Å². The molecule has 0 bridgehead atoms. The lowest BCUT2D eigenvalue weighted by molar-refractivity contribution is -0.121. The molecule has 1 amide bonds. The van der Waals surface area contributed by atoms with Crippen molar-refractivity contribution in [2.24, 2.45) is 0 Å². The molecule has 3 nitrogen and oxygen atoms in total. The van der Waals surface area contributed by atoms with Crippen LogP contribution in [0, 0.1) is 0 Å². The number of amides is 1. The zero-order valence-corrected chi connectivity index (χ0v) is 13.6. The predicted molar refractivity (Wildman–Crippen MR) is 89.6 cm³/mol. The van der Waals surface area contributed by atoms with E-state index in [1.54, 1.807) is 12.1 Å². The van der Waals surface area contributed by atoms with Crippen molar-refractivity contribution in [1.29, 1.82) is 0 Å². The molecular formula is C17H17Cl2NO2. The number of rotatable bonds is 6. The summed E-state index contributed by atoms with van der Waals surface area (Å²) in [6.45, 7) is 2.20. The first-order chi connectivity index (χ1) is 10.6. The predicted octanol–water partition coefficient (Wildman–Crippen LogP) is 4.20. The van der Waals surface area contributed by atoms with E-state index in [2.05, 4.69) is 5.32 Å². The summed E-state index contributed by atoms with van der Waals surface area (Å²) in [5, 5.41) is 2.61. The maximum Gasteiger partial charge on any atom is 0.242 e. The molecule has 0 aliphatic heterocycles. The minimum absolute atomic E-state index is 0.219. The van der Waals surface area contributed by atoms with E-state index in [-0.39, 0.29) is 12.0 Å². The van der Waals surface area contributed by atoms with Gasteiger partial charge in [0, 0.05) is 0 Å². The van der Waals surface area contributed by atoms with Crippen LogP contribution in [0.1, 0.15) is 17.9 Å². The van der Waals surface area contributed by atoms with Crippen molar-refractivity contribution in [3.8, 4) is 5.75 Å². The van der Waals surface area contributed by atoms with Gasteiger partial charge in [-0.3, -0.25) is 4.79 Å². The lowest BCUT2D eigenvalue weighted by Gasteiger charge is -2.17. The smallest absolute Gasteiger partial charge is 0.242 e. The van der Waals surface area contributed by atoms with Crippen molar-refractivity contribution >= 4 is 29.1 Å². The third-order valence-electron chi connectivity index (χ3n) is 3.05. The Hall–Kier alpha value is -1.71. The number of hydrogen-bond donors (Lipinski definition) is 1. The van der Waals surface area contributed by atoms with Gasteiger partial charge in [0.1, 0.15) is 17.2 Å². The van der Waals surface area contributed by atoms with E-state index in [9.17, 15) is 4.79 Å². The zero-order chi connectivity index (χ0) is 15.9. The SMILES string of the molecule is CC(CNC(=O)C(Cl)c1ccccc1)Oc1ccccc1Cl. The van der Waals surface area contributed by atoms with E-state index >= 15 is 0 Å². The van der Waals surface area contributed by atoms with Crippen molar-refractivity contribution in [2.45, 2.75) is 18.4 Å². The van der Waals surface area contributed by atoms with Gasteiger partial charge in [-0.25, -0.2) is 0 Å². The molecule has 2 rings (SSSR count). The molecule has 2 unspecified atom stereocenters. The largest absolute Gasteiger partial charge is 0.487 e. The highest BCUT2D eigenvalue weighted by Gasteiger charge is 2.18. The van der Waals surface area contributed by atoms with Gasteiger partial charge < -0.3 is 10.1 Å². The van der Waals surface area contributed by atoms with Crippen molar-refractivity contribution < 1.29 is 9.53 Å². The van der Waals surface area contributed by atoms with Crippen LogP contribution in [0.2, 0.25) is 5.02 Å². The molecule has 0 heterocycles. The zero-order valence-electron chi connectivity index (χ0n) is 12.1. The Bertz CT molecular complexity index is 619. The number of nitrogens with one attached hydrogen (secondary N) is 1. The fourth-order valence-corrected chi connectivity index (χ4v) is 2.31. The van der Waals surface area contributed by atoms with Crippen molar-refractivity contribution in [1.82, 2.24) is 5.32 Å². The normalized spacial score (nSPS) is 13.2. The van der Waals surface area contributed by atoms with Gasteiger partial charge in [-0.1, -0.05) is 54.1 Å². The minimum atomic E-state index is -0.714. The van der Waals surface area contributed by atoms with Crippen LogP contribution in [-0.2, 0) is 4.79 Å². The molecule has 0 aliphatic rings. The fraction of sp³-hybridized carbons (Fsp3) is 0.235. The molecule has 2 atom stereocenters. The molecular weight excluding hydrogens is 321 g/mol. The summed E-state index contributed by atoms with van der Waals surface area (Å²) >= 11 is 12.2. The average molecular weight is 338 g/mol. The lowest BCUT2D eigenvalue weighted by atomic mass is 10.1. The van der Waals surface area contributed by atoms with Gasteiger partial charge in [0.25, 0.3) is 0 Å². The summed E-state index contributed by atoms with van der Waals surface area (Å²) in [6, 6.07) is 16.4. The van der Waals surface area contributed by atoms with E-state index in [1.807, 2.05) is 49.4 Å². The first kappa shape index (κ1) is 16.7. The summed E-state index contributed by atoms with van der Waals surface area (Å²) in [5.74, 6) is 0.346. The monoisotopic (exact) mass is 337 g/mol. The van der Waals surface area contributed by atoms with Crippen LogP contribution in [0.3, 0.4) is 0 Å². The summed E-state index contributed by atoms with van der Waals surface area (Å²) in [5.41, 5.74) is 0.765. The average Bonchev–Trinajstić information content (AvgIpc) is 2.55. The second kappa shape index (κ2) is 8.06. The Kier molecular flexibility index (Phi) is 6.10. The molecule has 22 heavy (non-hydrogen) atoms. The Labute approximate surface area is 140 Å². The van der Waals surface area contributed by atoms with Crippen molar-refractivity contribution in [2.75, 3.05) is 6.54 Å². The first-order valence-electron chi connectivity index (χ1n) is 6.96. The molecule has 0 fully saturated rings. The van der Waals surface area contributed by atoms with Crippen LogP contribution in [0.15, 0.2) is 54.6 Å². The number of ether oxygens (including phenoxy) is 1. The van der Waals surface area contributed by atoms with E-state index in [0.717, 1.165) is 5.56 Å². The van der Waals surface area contributed by atoms with Gasteiger partial charge in [0.05, 0.1) is 11.6 Å². The van der Waals surface area contributed by atoms with Gasteiger partial charge in [-0.2, -0.15) is 0 Å². The van der Waals surface area contributed by atoms with Crippen molar-refractivity contribution in [3.63, 3.8) is 0 Å². The topological polar surface area (TPSA) is 38.3 Å². The first-order valence-corrected chi connectivity index (χ1v) is 7.77. The molecule has 2 aromatic carbocycles. The number of carbonyl (C=O) groups excluding carboxylic acids is 1. The molecule has 2 aromatic rings. The van der Waals surface area contributed by atoms with Gasteiger partial charge in [0.15, 0.2) is 0 Å². The molecule has 0 aromatic heterocycles. The van der Waals surface area contributed by atoms with Crippen LogP contribution < -0.4 is 10.1 Å². The van der Waals surface area contributed by atoms with Crippen LogP contribution in [-0.4, -0.2) is 18.6 Å². The molecule has 0 saturated carbocycles. The fourth-order valence-electron chi connectivity index (χ4n) is 1.91. The van der Waals surface area contributed by atoms with E-state index < -0.39 is 5.38 Å². The molecule has 1 N–H and O–H groups in total. The second-order valence-corrected chi connectivity index (χ2v) is 5.72. The van der Waals surface area contributed by atoms with E-state index in [0.29, 0.717) is 17.3 Å². The quantitative estimate of drug-likeness (QED) is 0.802. The van der Waals surface area contributed by atoms with Crippen LogP contribution in [0.5, 0.6) is 5.75 Å². The summed E-state index contributed by atoms with van der Waals surface area (Å²) in [7, 11) is 0. The summed E-state index contributed by atoms with van der Waals surface area (Å²) in [6.07, 6.45) is -0.219. The second-order valence-electron chi connectivity index (χ2n) is 4.88. The minimum Gasteiger partial charge on any atom is -0.487 e. The number of hydrogen-bond acceptors (Lipinski definition) is 2. The van der Waals surface area contributed by atoms with Crippen LogP contribution in [0.4, 0.5) is 0 Å². The summed E-state index contributed by atoms with van der Waals surface area (Å²) < 4.78 is 5.69. The molecule has 0 spiro atoms. The number of para-hydroxylation sites is 1. The maximum atomic E-state index is 12.0. The number of halogens is 2. The lowest BCUT2D eigenvalue weighted by Crippen LogP contribution is -2.35. The van der Waals surface area contributed by atoms with Crippen molar-refractivity contribution in [3.05, 3.63) is 65.2 Å². The highest BCUT2D eigenvalue weighted by Crippen LogP contribution is 2.24. The Morgan fingerprint density at radius 1 is 1.14 bits per heavy atom. The summed E-state index contributed by atoms with van der Waals surface area (Å²) in [4.78, 5) is 12.0. The molecule has 0 aliphatic carbocycles. The third kappa shape index (κ3) is 4.65. The Morgan fingerprint density at radius 2 is 1.77 bits per heavy atom. The van der Waals surface area contributed by atoms with Gasteiger partial charge >= 0.3 is 0 Å². The number of benzene rings is 2. The number of alkyl halides is 1. The molecule has 5 heteroatoms. The molecule has 0 radical (unpaired) electrons. The Balaban J connectivity index is 1.84. The maximum absolute atomic E-state index is 12.0. The third-order valence-corrected chi connectivity index (χ3v) is 3.81. The van der Waals surface area contributed by atoms with Gasteiger partial charge in [-0.05, 0) is 24.6 Å². The highest BCUT2D eigenvalue weighted by molar-refractivity contribution is 6.32. The molecule has 116 valence electrons. The van der Waals surface area contributed by atoms with Gasteiger partial charge in [-0.15, -0.1) is 11.6 Å². The van der Waals surface area contributed by atoms with Crippen LogP contribution >= 0.6 is 23.2 Å². The standard InChI is InChI=1S/C17H17Cl2NO2/c1-12(22-15-10-6-5-9-14(15)18)11-20-17(21)16(19)13-7-3-2-4-8-13/h2-10,12,16H,11H2,1H3,(H,20,21). The van der Waals surface area contributed by atoms with E-state index in [1.165, 1.54) is 0 Å². The number of carbonyl (C=O) groups is 1. The molecule has 0 saturated heterocycles.